The van der Waals surface area contributed by atoms with E-state index in [1.54, 1.807) is 0 Å². The highest BCUT2D eigenvalue weighted by Crippen LogP contribution is 2.39. The molecule has 2 aliphatic heterocycles. The summed E-state index contributed by atoms with van der Waals surface area (Å²) >= 11 is 0. The maximum absolute atomic E-state index is 13.0. The van der Waals surface area contributed by atoms with Crippen molar-refractivity contribution in [3.63, 3.8) is 0 Å². The van der Waals surface area contributed by atoms with E-state index in [0.29, 0.717) is 41.5 Å². The third kappa shape index (κ3) is 5.14. The summed E-state index contributed by atoms with van der Waals surface area (Å²) in [4.78, 5) is 2.30. The number of nitrogens with one attached hydrogen (secondary N) is 2. The molecule has 0 bridgehead atoms. The fraction of sp³-hybridized carbons (Fsp3) is 0.458. The van der Waals surface area contributed by atoms with Crippen LogP contribution < -0.4 is 10.5 Å². The normalized spacial score (nSPS) is 18.0. The second kappa shape index (κ2) is 10.1. The molecule has 0 atom stereocenters. The zero-order valence-electron chi connectivity index (χ0n) is 19.5. The minimum Gasteiger partial charge on any atom is -0.395 e. The van der Waals surface area contributed by atoms with Crippen molar-refractivity contribution in [3.8, 4) is 22.5 Å². The molecule has 5 N–H and O–H groups in total. The van der Waals surface area contributed by atoms with Gasteiger partial charge in [0, 0.05) is 25.6 Å². The van der Waals surface area contributed by atoms with Gasteiger partial charge in [-0.1, -0.05) is 36.4 Å². The molecule has 10 nitrogen and oxygen atoms in total. The molecule has 0 radical (unpaired) electrons. The number of hydrogen-bond acceptors (Lipinski definition) is 8. The minimum atomic E-state index is -4.08. The lowest BCUT2D eigenvalue weighted by Crippen LogP contribution is -2.39. The molecule has 11 heteroatoms. The zero-order valence-corrected chi connectivity index (χ0v) is 20.3. The number of H-pyrrole nitrogens is 1. The summed E-state index contributed by atoms with van der Waals surface area (Å²) in [7, 11) is -4.08. The number of likely N-dealkylation sites (tertiary alicyclic amines) is 1. The van der Waals surface area contributed by atoms with Crippen molar-refractivity contribution < 1.29 is 13.5 Å². The van der Waals surface area contributed by atoms with Crippen LogP contribution in [-0.2, 0) is 16.4 Å². The summed E-state index contributed by atoms with van der Waals surface area (Å²) in [5.41, 5.74) is 3.89. The van der Waals surface area contributed by atoms with E-state index in [4.69, 9.17) is 5.14 Å². The zero-order chi connectivity index (χ0) is 24.4. The second-order valence-corrected chi connectivity index (χ2v) is 10.9. The van der Waals surface area contributed by atoms with Crippen molar-refractivity contribution in [3.05, 3.63) is 47.5 Å². The highest BCUT2D eigenvalue weighted by molar-refractivity contribution is 7.89. The Kier molecular flexibility index (Phi) is 6.94. The van der Waals surface area contributed by atoms with Gasteiger partial charge in [0.05, 0.1) is 17.1 Å². The Morgan fingerprint density at radius 1 is 1.09 bits per heavy atom. The maximum atomic E-state index is 13.0. The number of primary sulfonamides is 1. The van der Waals surface area contributed by atoms with Crippen LogP contribution in [0.4, 0.5) is 0 Å². The van der Waals surface area contributed by atoms with Gasteiger partial charge in [-0.3, -0.25) is 0 Å². The van der Waals surface area contributed by atoms with E-state index in [9.17, 15) is 13.5 Å². The van der Waals surface area contributed by atoms with Crippen molar-refractivity contribution in [2.24, 2.45) is 11.1 Å². The molecular weight excluding hydrogens is 466 g/mol. The number of benzene rings is 2. The number of rotatable bonds is 8. The van der Waals surface area contributed by atoms with Crippen molar-refractivity contribution in [1.29, 1.82) is 0 Å². The van der Waals surface area contributed by atoms with Gasteiger partial charge in [0.15, 0.2) is 0 Å². The van der Waals surface area contributed by atoms with Crippen molar-refractivity contribution >= 4 is 10.0 Å². The van der Waals surface area contributed by atoms with E-state index in [0.717, 1.165) is 44.6 Å². The molecule has 1 aromatic heterocycles. The monoisotopic (exact) mass is 497 g/mol. The first kappa shape index (κ1) is 24.0. The largest absolute Gasteiger partial charge is 0.395 e. The summed E-state index contributed by atoms with van der Waals surface area (Å²) in [5, 5.41) is 32.7. The van der Waals surface area contributed by atoms with Gasteiger partial charge < -0.3 is 15.3 Å². The van der Waals surface area contributed by atoms with Crippen LogP contribution in [0, 0.1) is 5.92 Å². The van der Waals surface area contributed by atoms with E-state index in [-0.39, 0.29) is 17.3 Å². The second-order valence-electron chi connectivity index (χ2n) is 9.45. The van der Waals surface area contributed by atoms with Gasteiger partial charge in [0.25, 0.3) is 0 Å². The van der Waals surface area contributed by atoms with Crippen LogP contribution in [0.25, 0.3) is 22.5 Å². The van der Waals surface area contributed by atoms with Gasteiger partial charge in [-0.2, -0.15) is 5.21 Å². The first-order valence-corrected chi connectivity index (χ1v) is 13.6. The third-order valence-corrected chi connectivity index (χ3v) is 8.23. The Hall–Kier alpha value is -2.70. The summed E-state index contributed by atoms with van der Waals surface area (Å²) in [5.74, 6) is 1.03. The molecule has 2 saturated heterocycles. The van der Waals surface area contributed by atoms with Gasteiger partial charge in [-0.05, 0) is 65.7 Å². The summed E-state index contributed by atoms with van der Waals surface area (Å²) in [6, 6.07) is 12.0. The van der Waals surface area contributed by atoms with E-state index < -0.39 is 10.0 Å². The van der Waals surface area contributed by atoms with Gasteiger partial charge in [0.1, 0.15) is 0 Å². The number of β-amino-alcohol motifs (C(OH)–C–C–N with tert-alkyl or cyclic N) is 1. The molecule has 0 aliphatic carbocycles. The first-order chi connectivity index (χ1) is 16.9. The lowest BCUT2D eigenvalue weighted by molar-refractivity contribution is 0.147. The Morgan fingerprint density at radius 3 is 2.40 bits per heavy atom. The summed E-state index contributed by atoms with van der Waals surface area (Å²) in [6.07, 6.45) is 2.46. The highest BCUT2D eigenvalue weighted by atomic mass is 32.2. The molecule has 0 amide bonds. The van der Waals surface area contributed by atoms with Crippen LogP contribution in [0.15, 0.2) is 41.3 Å². The number of aliphatic hydroxyl groups is 1. The van der Waals surface area contributed by atoms with Crippen LogP contribution in [0.3, 0.4) is 0 Å². The topological polar surface area (TPSA) is 150 Å². The maximum Gasteiger partial charge on any atom is 0.239 e. The number of piperidine rings is 1. The van der Waals surface area contributed by atoms with Gasteiger partial charge >= 0.3 is 0 Å². The standard InChI is InChI=1S/C24H31N7O3S/c25-35(33,34)23-19(13-16-7-9-31(10-8-16)11-12-32)5-6-21(22(23)24-27-29-30-28-24)18-3-1-17(2-4-18)20-14-26-15-20/h1-6,16,20,26,32H,7-15H2,(H2,25,33,34)(H,27,28,29,30). The molecule has 2 aliphatic rings. The van der Waals surface area contributed by atoms with Crippen molar-refractivity contribution in [2.75, 3.05) is 39.3 Å². The predicted molar refractivity (Wildman–Crippen MR) is 132 cm³/mol. The Morgan fingerprint density at radius 2 is 1.83 bits per heavy atom. The molecular formula is C24H31N7O3S. The van der Waals surface area contributed by atoms with Crippen LogP contribution in [0.5, 0.6) is 0 Å². The number of tetrazole rings is 1. The Bertz CT molecular complexity index is 1250. The number of sulfonamides is 1. The summed E-state index contributed by atoms with van der Waals surface area (Å²) in [6.45, 7) is 4.52. The van der Waals surface area contributed by atoms with Gasteiger partial charge in [0.2, 0.25) is 15.8 Å². The molecule has 2 aromatic carbocycles. The summed E-state index contributed by atoms with van der Waals surface area (Å²) < 4.78 is 25.9. The molecule has 3 heterocycles. The molecule has 0 spiro atoms. The van der Waals surface area contributed by atoms with Gasteiger partial charge in [-0.25, -0.2) is 13.6 Å². The smallest absolute Gasteiger partial charge is 0.239 e. The quantitative estimate of drug-likeness (QED) is 0.361. The van der Waals surface area contributed by atoms with Crippen molar-refractivity contribution in [1.82, 2.24) is 30.8 Å². The fourth-order valence-electron chi connectivity index (χ4n) is 5.17. The minimum absolute atomic E-state index is 0.0708. The Balaban J connectivity index is 1.54. The molecule has 0 unspecified atom stereocenters. The fourth-order valence-corrected chi connectivity index (χ4v) is 6.17. The van der Waals surface area contributed by atoms with E-state index in [1.807, 2.05) is 24.3 Å². The van der Waals surface area contributed by atoms with E-state index in [2.05, 4.69) is 43.0 Å². The van der Waals surface area contributed by atoms with Crippen LogP contribution in [-0.4, -0.2) is 78.4 Å². The van der Waals surface area contributed by atoms with E-state index >= 15 is 0 Å². The molecule has 2 fully saturated rings. The average molecular weight is 498 g/mol. The first-order valence-electron chi connectivity index (χ1n) is 12.0. The predicted octanol–water partition coefficient (Wildman–Crippen LogP) is 1.11. The average Bonchev–Trinajstić information content (AvgIpc) is 3.34. The number of nitrogens with two attached hydrogens (primary N) is 1. The lowest BCUT2D eigenvalue weighted by atomic mass is 9.87. The van der Waals surface area contributed by atoms with Crippen molar-refractivity contribution in [2.45, 2.75) is 30.1 Å². The third-order valence-electron chi connectivity index (χ3n) is 7.20. The van der Waals surface area contributed by atoms with Crippen LogP contribution >= 0.6 is 0 Å². The molecule has 186 valence electrons. The number of hydrogen-bond donors (Lipinski definition) is 4. The highest BCUT2D eigenvalue weighted by Gasteiger charge is 2.29. The van der Waals surface area contributed by atoms with Crippen LogP contribution in [0.2, 0.25) is 0 Å². The molecule has 0 saturated carbocycles. The van der Waals surface area contributed by atoms with Gasteiger partial charge in [-0.15, -0.1) is 10.2 Å². The Labute approximate surface area is 205 Å². The molecule has 5 rings (SSSR count). The van der Waals surface area contributed by atoms with E-state index in [1.165, 1.54) is 5.56 Å². The number of aromatic nitrogens is 4. The lowest BCUT2D eigenvalue weighted by Gasteiger charge is -2.32. The number of aromatic amines is 1. The molecule has 35 heavy (non-hydrogen) atoms. The number of nitrogens with zero attached hydrogens (tertiary/aromatic N) is 4. The van der Waals surface area contributed by atoms with Crippen LogP contribution in [0.1, 0.15) is 29.9 Å². The SMILES string of the molecule is NS(=O)(=O)c1c(CC2CCN(CCO)CC2)ccc(-c2ccc(C3CNC3)cc2)c1-c1nn[nH]n1. The number of aliphatic hydroxyl groups excluding tert-OH is 1. The molecule has 3 aromatic rings.